The van der Waals surface area contributed by atoms with E-state index < -0.39 is 0 Å². The van der Waals surface area contributed by atoms with Crippen LogP contribution in [0.5, 0.6) is 0 Å². The molecule has 0 aromatic heterocycles. The molecule has 0 saturated carbocycles. The van der Waals surface area contributed by atoms with Crippen LogP contribution in [-0.2, 0) is 4.74 Å². The molecule has 0 aliphatic heterocycles. The molecule has 0 unspecified atom stereocenters. The van der Waals surface area contributed by atoms with E-state index >= 15 is 0 Å². The Hall–Kier alpha value is -2.61. The Balaban J connectivity index is 1.92. The molecule has 0 radical (unpaired) electrons. The number of esters is 1. The van der Waals surface area contributed by atoms with Crippen molar-refractivity contribution in [2.24, 2.45) is 0 Å². The van der Waals surface area contributed by atoms with Gasteiger partial charge in [-0.2, -0.15) is 0 Å². The zero-order chi connectivity index (χ0) is 17.5. The van der Waals surface area contributed by atoms with Gasteiger partial charge >= 0.3 is 154 Å². The van der Waals surface area contributed by atoms with Gasteiger partial charge in [-0.1, -0.05) is 0 Å². The Kier molecular flexibility index (Phi) is 5.84. The molecule has 0 aliphatic carbocycles. The zero-order valence-corrected chi connectivity index (χ0v) is 15.6. The number of rotatable bonds is 5. The first-order chi connectivity index (χ1) is 12.2. The summed E-state index contributed by atoms with van der Waals surface area (Å²) in [5.74, 6) is 0.320. The van der Waals surface area contributed by atoms with Gasteiger partial charge in [0.05, 0.1) is 0 Å². The van der Waals surface area contributed by atoms with Crippen LogP contribution >= 0.6 is 0 Å². The summed E-state index contributed by atoms with van der Waals surface area (Å²) >= 11 is 0.0867. The molecule has 124 valence electrons. The molecule has 0 N–H and O–H groups in total. The molecular formula is C22H18O2Se. The molecule has 0 atom stereocenters. The number of hydrogen-bond donors (Lipinski definition) is 0. The number of hydrogen-bond acceptors (Lipinski definition) is 2. The van der Waals surface area contributed by atoms with E-state index in [1.54, 1.807) is 12.1 Å². The van der Waals surface area contributed by atoms with Crippen molar-refractivity contribution in [1.82, 2.24) is 0 Å². The van der Waals surface area contributed by atoms with Crippen LogP contribution in [0.4, 0.5) is 0 Å². The van der Waals surface area contributed by atoms with E-state index in [1.165, 1.54) is 4.46 Å². The first kappa shape index (κ1) is 17.2. The van der Waals surface area contributed by atoms with Crippen molar-refractivity contribution in [1.29, 1.82) is 0 Å². The van der Waals surface area contributed by atoms with Gasteiger partial charge in [0.15, 0.2) is 0 Å². The minimum absolute atomic E-state index is 0.0867. The van der Waals surface area contributed by atoms with Crippen LogP contribution in [0.15, 0.2) is 95.5 Å². The molecule has 0 amide bonds. The molecule has 3 aromatic carbocycles. The summed E-state index contributed by atoms with van der Waals surface area (Å²) in [5, 5.41) is 0. The number of carbonyl (C=O) groups is 1. The number of allylic oxidation sites excluding steroid dienone is 1. The molecule has 0 heterocycles. The maximum absolute atomic E-state index is 12.5. The van der Waals surface area contributed by atoms with Crippen molar-refractivity contribution >= 4 is 31.1 Å². The molecule has 0 aliphatic rings. The molecule has 3 heteroatoms. The van der Waals surface area contributed by atoms with E-state index in [4.69, 9.17) is 4.74 Å². The fourth-order valence-electron chi connectivity index (χ4n) is 2.36. The normalized spacial score (nSPS) is 11.6. The number of ether oxygens (including phenoxy) is 1. The van der Waals surface area contributed by atoms with Gasteiger partial charge in [0.25, 0.3) is 0 Å². The van der Waals surface area contributed by atoms with Gasteiger partial charge in [-0.3, -0.25) is 0 Å². The maximum atomic E-state index is 12.5. The van der Waals surface area contributed by atoms with Gasteiger partial charge in [-0.05, 0) is 0 Å². The quantitative estimate of drug-likeness (QED) is 0.368. The molecule has 3 rings (SSSR count). The van der Waals surface area contributed by atoms with Crippen LogP contribution in [0, 0.1) is 0 Å². The predicted molar refractivity (Wildman–Crippen MR) is 103 cm³/mol. The van der Waals surface area contributed by atoms with Crippen LogP contribution in [0.3, 0.4) is 0 Å². The summed E-state index contributed by atoms with van der Waals surface area (Å²) in [6, 6.07) is 29.2. The Morgan fingerprint density at radius 3 is 1.76 bits per heavy atom. The van der Waals surface area contributed by atoms with Crippen molar-refractivity contribution in [3.05, 3.63) is 107 Å². The van der Waals surface area contributed by atoms with E-state index in [9.17, 15) is 4.79 Å². The average molecular weight is 393 g/mol. The Morgan fingerprint density at radius 1 is 0.720 bits per heavy atom. The SMILES string of the molecule is C/C([Se]c1ccccc1)=C(\OC(=O)c1ccccc1)c1ccccc1. The first-order valence-corrected chi connectivity index (χ1v) is 9.72. The molecule has 25 heavy (non-hydrogen) atoms. The van der Waals surface area contributed by atoms with Gasteiger partial charge in [-0.25, -0.2) is 0 Å². The van der Waals surface area contributed by atoms with Gasteiger partial charge in [-0.15, -0.1) is 0 Å². The Labute approximate surface area is 154 Å². The number of carbonyl (C=O) groups excluding carboxylic acids is 1. The van der Waals surface area contributed by atoms with Gasteiger partial charge < -0.3 is 0 Å². The van der Waals surface area contributed by atoms with Gasteiger partial charge in [0.2, 0.25) is 0 Å². The topological polar surface area (TPSA) is 26.3 Å². The van der Waals surface area contributed by atoms with Crippen molar-refractivity contribution in [3.8, 4) is 0 Å². The molecule has 0 spiro atoms. The molecule has 0 bridgehead atoms. The van der Waals surface area contributed by atoms with E-state index in [2.05, 4.69) is 12.1 Å². The summed E-state index contributed by atoms with van der Waals surface area (Å²) < 4.78 is 8.14. The van der Waals surface area contributed by atoms with E-state index in [0.717, 1.165) is 10.0 Å². The fraction of sp³-hybridized carbons (Fsp3) is 0.0455. The molecular weight excluding hydrogens is 375 g/mol. The second kappa shape index (κ2) is 8.48. The Morgan fingerprint density at radius 2 is 1.20 bits per heavy atom. The standard InChI is InChI=1S/C22H18O2Se/c1-17(25-20-15-9-4-10-16-20)21(18-11-5-2-6-12-18)24-22(23)19-13-7-3-8-14-19/h2-16H,1H3/b21-17+. The second-order valence-corrected chi connectivity index (χ2v) is 8.12. The van der Waals surface area contributed by atoms with Crippen LogP contribution in [0.1, 0.15) is 22.8 Å². The zero-order valence-electron chi connectivity index (χ0n) is 13.9. The molecule has 3 aromatic rings. The monoisotopic (exact) mass is 394 g/mol. The summed E-state index contributed by atoms with van der Waals surface area (Å²) in [7, 11) is 0. The third-order valence-corrected chi connectivity index (χ3v) is 5.67. The van der Waals surface area contributed by atoms with Gasteiger partial charge in [0, 0.05) is 0 Å². The van der Waals surface area contributed by atoms with Crippen molar-refractivity contribution in [3.63, 3.8) is 0 Å². The second-order valence-electron chi connectivity index (χ2n) is 5.42. The van der Waals surface area contributed by atoms with Crippen molar-refractivity contribution in [2.75, 3.05) is 0 Å². The third-order valence-electron chi connectivity index (χ3n) is 3.57. The van der Waals surface area contributed by atoms with Crippen molar-refractivity contribution < 1.29 is 9.53 Å². The molecule has 0 saturated heterocycles. The molecule has 0 fully saturated rings. The number of benzene rings is 3. The van der Waals surface area contributed by atoms with E-state index in [-0.39, 0.29) is 20.9 Å². The van der Waals surface area contributed by atoms with Crippen molar-refractivity contribution in [2.45, 2.75) is 6.92 Å². The first-order valence-electron chi connectivity index (χ1n) is 8.00. The van der Waals surface area contributed by atoms with E-state index in [1.807, 2.05) is 73.7 Å². The Bertz CT molecular complexity index is 856. The van der Waals surface area contributed by atoms with Crippen LogP contribution in [0.2, 0.25) is 0 Å². The van der Waals surface area contributed by atoms with Crippen LogP contribution in [-0.4, -0.2) is 20.9 Å². The summed E-state index contributed by atoms with van der Waals surface area (Å²) in [6.45, 7) is 2.04. The summed E-state index contributed by atoms with van der Waals surface area (Å²) in [5.41, 5.74) is 1.47. The molecule has 2 nitrogen and oxygen atoms in total. The summed E-state index contributed by atoms with van der Waals surface area (Å²) in [4.78, 5) is 12.5. The van der Waals surface area contributed by atoms with E-state index in [0.29, 0.717) is 11.3 Å². The predicted octanol–water partition coefficient (Wildman–Crippen LogP) is 4.26. The van der Waals surface area contributed by atoms with Gasteiger partial charge in [0.1, 0.15) is 0 Å². The van der Waals surface area contributed by atoms with Crippen LogP contribution < -0.4 is 4.46 Å². The third kappa shape index (κ3) is 4.69. The van der Waals surface area contributed by atoms with Crippen LogP contribution in [0.25, 0.3) is 5.76 Å². The fourth-order valence-corrected chi connectivity index (χ4v) is 4.25. The summed E-state index contributed by atoms with van der Waals surface area (Å²) in [6.07, 6.45) is 0. The average Bonchev–Trinajstić information content (AvgIpc) is 2.68. The minimum atomic E-state index is -0.331.